The zero-order valence-electron chi connectivity index (χ0n) is 19.5. The first kappa shape index (κ1) is 25.0. The van der Waals surface area contributed by atoms with Gasteiger partial charge in [0.05, 0.1) is 11.4 Å². The molecule has 4 aromatic rings. The Kier molecular flexibility index (Phi) is 6.96. The lowest BCUT2D eigenvalue weighted by molar-refractivity contribution is -0.176. The molecule has 0 radical (unpaired) electrons. The van der Waals surface area contributed by atoms with Gasteiger partial charge in [-0.15, -0.1) is 0 Å². The Labute approximate surface area is 210 Å². The number of nitrogens with zero attached hydrogens (tertiary/aromatic N) is 2. The molecule has 1 amide bonds. The van der Waals surface area contributed by atoms with E-state index < -0.39 is 0 Å². The van der Waals surface area contributed by atoms with Crippen LogP contribution in [0.4, 0.5) is 17.1 Å². The van der Waals surface area contributed by atoms with Crippen molar-refractivity contribution in [2.45, 2.75) is 6.92 Å². The molecule has 5 N–H and O–H groups in total. The minimum Gasteiger partial charge on any atom is -0.508 e. The van der Waals surface area contributed by atoms with Crippen LogP contribution < -0.4 is 24.9 Å². The number of fused-ring (bicyclic) bond motifs is 4. The van der Waals surface area contributed by atoms with Crippen LogP contribution in [0.15, 0.2) is 77.8 Å². The fourth-order valence-corrected chi connectivity index (χ4v) is 3.78. The van der Waals surface area contributed by atoms with E-state index in [4.69, 9.17) is 20.0 Å². The van der Waals surface area contributed by atoms with Gasteiger partial charge in [-0.05, 0) is 53.7 Å². The summed E-state index contributed by atoms with van der Waals surface area (Å²) in [6, 6.07) is 19.5. The van der Waals surface area contributed by atoms with Crippen LogP contribution in [-0.2, 0) is 4.79 Å². The van der Waals surface area contributed by atoms with Gasteiger partial charge in [0.2, 0.25) is 5.91 Å². The maximum Gasteiger partial charge on any atom is 0.228 e. The molecule has 10 heteroatoms. The van der Waals surface area contributed by atoms with Crippen LogP contribution in [0.25, 0.3) is 6.58 Å². The molecule has 6 rings (SSSR count). The first-order chi connectivity index (χ1) is 17.8. The topological polar surface area (TPSA) is 152 Å². The minimum absolute atomic E-state index is 0.0471. The van der Waals surface area contributed by atoms with Crippen molar-refractivity contribution in [3.8, 4) is 40.2 Å². The molecule has 0 bridgehead atoms. The third kappa shape index (κ3) is 5.15. The number of phenols is 3. The maximum atomic E-state index is 11.8. The van der Waals surface area contributed by atoms with Gasteiger partial charge in [-0.2, -0.15) is 0 Å². The smallest absolute Gasteiger partial charge is 0.228 e. The molecular formula is C27H22N2O8. The number of phenolic OH excluding ortho intramolecular Hbond substituents is 3. The third-order valence-electron chi connectivity index (χ3n) is 5.33. The standard InChI is InChI=1S/C14H11NO4.C13H9NO2.H2O2/c1-8(16)15-11-4-2-9(17)6-13(11)19-14-7-10(18)3-5-12(14)15;1-8-2-4-10-12(6-8)16-13-7-9(15)3-5-11(13)14-10;1-2/h2-7,17-18H,1H3;2-7,15H,1H2;1-2H. The van der Waals surface area contributed by atoms with E-state index in [1.165, 1.54) is 36.1 Å². The number of benzene rings is 4. The van der Waals surface area contributed by atoms with Gasteiger partial charge in [0, 0.05) is 25.1 Å². The number of rotatable bonds is 0. The number of anilines is 2. The van der Waals surface area contributed by atoms with E-state index in [0.29, 0.717) is 34.4 Å². The van der Waals surface area contributed by atoms with Crippen LogP contribution in [0.2, 0.25) is 0 Å². The van der Waals surface area contributed by atoms with Crippen molar-refractivity contribution < 1.29 is 40.1 Å². The fraction of sp³-hybridized carbons (Fsp3) is 0.0370. The Morgan fingerprint density at radius 2 is 1.24 bits per heavy atom. The molecule has 0 fully saturated rings. The quantitative estimate of drug-likeness (QED) is 0.150. The van der Waals surface area contributed by atoms with Crippen LogP contribution in [0.1, 0.15) is 6.92 Å². The molecule has 2 aliphatic rings. The lowest BCUT2D eigenvalue weighted by Crippen LogP contribution is -2.25. The molecule has 2 aliphatic heterocycles. The van der Waals surface area contributed by atoms with Crippen LogP contribution in [0.5, 0.6) is 40.2 Å². The minimum atomic E-state index is -0.179. The van der Waals surface area contributed by atoms with Gasteiger partial charge >= 0.3 is 0 Å². The molecule has 0 spiro atoms. The summed E-state index contributed by atoms with van der Waals surface area (Å²) in [5.41, 5.74) is 1.84. The van der Waals surface area contributed by atoms with Crippen molar-refractivity contribution in [3.63, 3.8) is 0 Å². The van der Waals surface area contributed by atoms with Gasteiger partial charge in [-0.25, -0.2) is 4.99 Å². The summed E-state index contributed by atoms with van der Waals surface area (Å²) in [4.78, 5) is 17.7. The summed E-state index contributed by atoms with van der Waals surface area (Å²) >= 11 is 0. The second-order valence-corrected chi connectivity index (χ2v) is 7.93. The van der Waals surface area contributed by atoms with Crippen LogP contribution in [0.3, 0.4) is 0 Å². The number of hydrogen-bond acceptors (Lipinski definition) is 9. The highest BCUT2D eigenvalue weighted by Gasteiger charge is 2.27. The molecule has 4 aromatic carbocycles. The van der Waals surface area contributed by atoms with Crippen molar-refractivity contribution in [2.24, 2.45) is 4.99 Å². The molecule has 37 heavy (non-hydrogen) atoms. The summed E-state index contributed by atoms with van der Waals surface area (Å²) in [6.07, 6.45) is 0. The maximum absolute atomic E-state index is 11.8. The van der Waals surface area contributed by atoms with Gasteiger partial charge in [0.1, 0.15) is 28.3 Å². The Morgan fingerprint density at radius 3 is 1.81 bits per heavy atom. The molecule has 188 valence electrons. The predicted molar refractivity (Wildman–Crippen MR) is 135 cm³/mol. The summed E-state index contributed by atoms with van der Waals surface area (Å²) in [5, 5.41) is 42.0. The predicted octanol–water partition coefficient (Wildman–Crippen LogP) is 4.77. The van der Waals surface area contributed by atoms with E-state index in [0.717, 1.165) is 16.3 Å². The van der Waals surface area contributed by atoms with Crippen molar-refractivity contribution in [2.75, 3.05) is 4.90 Å². The number of aromatic hydroxyl groups is 3. The van der Waals surface area contributed by atoms with Gasteiger partial charge in [0.15, 0.2) is 23.0 Å². The summed E-state index contributed by atoms with van der Waals surface area (Å²) in [7, 11) is 0. The Hall–Kier alpha value is -5.06. The van der Waals surface area contributed by atoms with Crippen LogP contribution >= 0.6 is 0 Å². The second kappa shape index (κ2) is 10.3. The lowest BCUT2D eigenvalue weighted by atomic mass is 10.1. The number of carbonyl (C=O) groups excluding carboxylic acids is 1. The molecule has 0 saturated carbocycles. The molecule has 0 saturated heterocycles. The Morgan fingerprint density at radius 1 is 0.730 bits per heavy atom. The van der Waals surface area contributed by atoms with Crippen molar-refractivity contribution >= 4 is 29.5 Å². The highest BCUT2D eigenvalue weighted by Crippen LogP contribution is 2.48. The highest BCUT2D eigenvalue weighted by molar-refractivity contribution is 6.03. The zero-order valence-corrected chi connectivity index (χ0v) is 19.5. The van der Waals surface area contributed by atoms with Crippen LogP contribution in [0, 0.1) is 0 Å². The Balaban J connectivity index is 0.000000164. The number of hydrogen-bond donors (Lipinski definition) is 5. The van der Waals surface area contributed by atoms with E-state index >= 15 is 0 Å². The van der Waals surface area contributed by atoms with Gasteiger partial charge < -0.3 is 24.8 Å². The monoisotopic (exact) mass is 502 g/mol. The van der Waals surface area contributed by atoms with Gasteiger partial charge in [0.25, 0.3) is 0 Å². The zero-order chi connectivity index (χ0) is 26.7. The van der Waals surface area contributed by atoms with E-state index in [9.17, 15) is 20.1 Å². The SMILES string of the molecule is C=c1ccc2c(c1)Oc1cc(O)ccc1N=2.CC(=O)N1c2ccc(O)cc2Oc2cc(O)ccc21.OO. The average Bonchev–Trinajstić information content (AvgIpc) is 2.87. The van der Waals surface area contributed by atoms with Gasteiger partial charge in [-0.1, -0.05) is 12.6 Å². The van der Waals surface area contributed by atoms with E-state index in [1.807, 2.05) is 18.2 Å². The molecule has 0 unspecified atom stereocenters. The third-order valence-corrected chi connectivity index (χ3v) is 5.33. The first-order valence-electron chi connectivity index (χ1n) is 10.8. The summed E-state index contributed by atoms with van der Waals surface area (Å²) in [6.45, 7) is 5.27. The van der Waals surface area contributed by atoms with Crippen molar-refractivity contribution in [1.29, 1.82) is 0 Å². The molecule has 10 nitrogen and oxygen atoms in total. The number of ether oxygens (including phenoxy) is 2. The van der Waals surface area contributed by atoms with E-state index in [-0.39, 0.29) is 23.2 Å². The van der Waals surface area contributed by atoms with E-state index in [2.05, 4.69) is 11.6 Å². The summed E-state index contributed by atoms with van der Waals surface area (Å²) in [5.74, 6) is 2.06. The van der Waals surface area contributed by atoms with Crippen molar-refractivity contribution in [1.82, 2.24) is 0 Å². The molecule has 2 heterocycles. The fourth-order valence-electron chi connectivity index (χ4n) is 3.78. The molecule has 0 aromatic heterocycles. The average molecular weight is 502 g/mol. The Bertz CT molecular complexity index is 1550. The largest absolute Gasteiger partial charge is 0.508 e. The summed E-state index contributed by atoms with van der Waals surface area (Å²) < 4.78 is 11.3. The molecular weight excluding hydrogens is 480 g/mol. The number of carbonyl (C=O) groups is 1. The van der Waals surface area contributed by atoms with Crippen LogP contribution in [-0.4, -0.2) is 31.7 Å². The van der Waals surface area contributed by atoms with Gasteiger partial charge in [-0.3, -0.25) is 20.2 Å². The molecule has 0 aliphatic carbocycles. The second-order valence-electron chi connectivity index (χ2n) is 7.93. The first-order valence-corrected chi connectivity index (χ1v) is 10.8. The normalized spacial score (nSPS) is 11.7. The molecule has 0 atom stereocenters. The van der Waals surface area contributed by atoms with Crippen molar-refractivity contribution in [3.05, 3.63) is 83.4 Å². The number of amides is 1. The van der Waals surface area contributed by atoms with E-state index in [1.54, 1.807) is 30.3 Å². The highest BCUT2D eigenvalue weighted by atomic mass is 17.0. The lowest BCUT2D eigenvalue weighted by Gasteiger charge is -2.30.